The molecule has 16 atom stereocenters. The van der Waals surface area contributed by atoms with Gasteiger partial charge in [-0.3, -0.25) is 24.1 Å². The van der Waals surface area contributed by atoms with Crippen LogP contribution in [0.15, 0.2) is 47.6 Å². The minimum Gasteiger partial charge on any atom is -0.460 e. The number of amides is 1. The lowest BCUT2D eigenvalue weighted by Gasteiger charge is -2.43. The number of allylic oxidation sites excluding steroid dienone is 6. The van der Waals surface area contributed by atoms with Crippen LogP contribution in [-0.2, 0) is 47.7 Å². The summed E-state index contributed by atoms with van der Waals surface area (Å²) in [7, 11) is 6.53. The number of aliphatic hydroxyl groups is 4. The van der Waals surface area contributed by atoms with Crippen LogP contribution >= 0.6 is 0 Å². The van der Waals surface area contributed by atoms with Crippen LogP contribution in [0.25, 0.3) is 0 Å². The summed E-state index contributed by atoms with van der Waals surface area (Å²) in [6.07, 6.45) is 11.1. The van der Waals surface area contributed by atoms with Gasteiger partial charge in [0.2, 0.25) is 5.79 Å². The zero-order valence-corrected chi connectivity index (χ0v) is 45.2. The number of piperidine rings is 1. The third-order valence-corrected chi connectivity index (χ3v) is 15.7. The Morgan fingerprint density at radius 2 is 1.61 bits per heavy atom. The van der Waals surface area contributed by atoms with Gasteiger partial charge in [0.1, 0.15) is 36.4 Å². The minimum absolute atomic E-state index is 0.0114. The second-order valence-corrected chi connectivity index (χ2v) is 21.8. The number of ether oxygens (including phenoxy) is 5. The first-order valence-electron chi connectivity index (χ1n) is 26.6. The Labute approximate surface area is 429 Å². The summed E-state index contributed by atoms with van der Waals surface area (Å²) in [6.45, 7) is 13.0. The first kappa shape index (κ1) is 61.1. The summed E-state index contributed by atoms with van der Waals surface area (Å²) in [6, 6.07) is -1.17. The number of ketones is 3. The molecule has 2 bridgehead atoms. The molecular formula is C56H90N2O14. The van der Waals surface area contributed by atoms with E-state index in [1.807, 2.05) is 58.1 Å². The summed E-state index contributed by atoms with van der Waals surface area (Å²) in [5.74, 6) is -8.23. The van der Waals surface area contributed by atoms with Crippen molar-refractivity contribution in [2.45, 2.75) is 199 Å². The second-order valence-electron chi connectivity index (χ2n) is 21.8. The van der Waals surface area contributed by atoms with E-state index in [0.717, 1.165) is 5.57 Å². The lowest BCUT2D eigenvalue weighted by Crippen LogP contribution is -2.61. The number of hydrogen-bond acceptors (Lipinski definition) is 15. The summed E-state index contributed by atoms with van der Waals surface area (Å²) < 4.78 is 30.2. The van der Waals surface area contributed by atoms with Crippen molar-refractivity contribution in [3.63, 3.8) is 0 Å². The molecule has 0 spiro atoms. The maximum absolute atomic E-state index is 14.5. The van der Waals surface area contributed by atoms with Crippen LogP contribution in [0.2, 0.25) is 0 Å². The number of cyclic esters (lactones) is 1. The Morgan fingerprint density at radius 1 is 0.889 bits per heavy atom. The number of fused-ring (bicyclic) bond motifs is 3. The first-order chi connectivity index (χ1) is 34.0. The third kappa shape index (κ3) is 17.0. The van der Waals surface area contributed by atoms with Crippen molar-refractivity contribution < 1.29 is 68.1 Å². The fourth-order valence-corrected chi connectivity index (χ4v) is 10.8. The molecule has 0 radical (unpaired) electrons. The molecule has 3 heterocycles. The lowest BCUT2D eigenvalue weighted by atomic mass is 9.78. The molecule has 2 saturated heterocycles. The van der Waals surface area contributed by atoms with Gasteiger partial charge in [0.15, 0.2) is 5.78 Å². The van der Waals surface area contributed by atoms with Gasteiger partial charge in [-0.1, -0.05) is 71.1 Å². The Hall–Kier alpha value is -3.45. The number of nitrogens with zero attached hydrogens (tertiary/aromatic N) is 2. The van der Waals surface area contributed by atoms with Crippen molar-refractivity contribution in [3.8, 4) is 0 Å². The number of rotatable bonds is 11. The SMILES string of the molecule is CO[C@@H]1C[C@H](C[C@@H](C)[C@@H]2CC(=O)[C@H](C)/C=C(\C)[C@@H](O)[C@@H](OC)C(=O)[C@H](C)C[C@H](C)/C=C/C=C/C=C(\C)[C@@H](OCCCC(O)N(C)C)C[C@@H]3CC[C@@H](C)[C@@](O)(O3)C(=O)C(=O)N3CCCC[C@H]3C(=O)O2)CC[C@H]1O. The van der Waals surface area contributed by atoms with Gasteiger partial charge < -0.3 is 49.0 Å². The minimum atomic E-state index is -2.48. The summed E-state index contributed by atoms with van der Waals surface area (Å²) >= 11 is 0. The van der Waals surface area contributed by atoms with Crippen molar-refractivity contribution in [3.05, 3.63) is 47.6 Å². The fourth-order valence-electron chi connectivity index (χ4n) is 10.8. The molecule has 0 aromatic carbocycles. The first-order valence-corrected chi connectivity index (χ1v) is 26.6. The Bertz CT molecular complexity index is 1920. The molecule has 16 nitrogen and oxygen atoms in total. The van der Waals surface area contributed by atoms with Gasteiger partial charge in [0.25, 0.3) is 11.7 Å². The second kappa shape index (κ2) is 29.0. The van der Waals surface area contributed by atoms with Gasteiger partial charge >= 0.3 is 5.97 Å². The van der Waals surface area contributed by atoms with Crippen LogP contribution in [0.5, 0.6) is 0 Å². The number of methoxy groups -OCH3 is 2. The van der Waals surface area contributed by atoms with E-state index in [9.17, 15) is 44.4 Å². The molecule has 1 aliphatic carbocycles. The smallest absolute Gasteiger partial charge is 0.329 e. The van der Waals surface area contributed by atoms with Crippen LogP contribution in [0, 0.1) is 35.5 Å². The van der Waals surface area contributed by atoms with Crippen LogP contribution < -0.4 is 0 Å². The number of aliphatic hydroxyl groups excluding tert-OH is 3. The molecule has 16 heteroatoms. The number of carbonyl (C=O) groups excluding carboxylic acids is 5. The van der Waals surface area contributed by atoms with E-state index in [1.54, 1.807) is 53.0 Å². The molecule has 0 aromatic rings. The zero-order valence-electron chi connectivity index (χ0n) is 45.2. The zero-order chi connectivity index (χ0) is 53.4. The summed E-state index contributed by atoms with van der Waals surface area (Å²) in [5, 5.41) is 44.5. The quantitative estimate of drug-likeness (QED) is 0.0595. The monoisotopic (exact) mass is 1010 g/mol. The standard InChI is InChI=1S/C56H90N2O14/c1-34-18-13-12-14-19-35(2)46(70-27-17-21-49(61)57(8)9)32-42-24-22-40(7)56(67,72-42)53(64)54(65)58-26-16-15-20-43(58)55(66)71-47(37(4)30-41-23-25-44(59)48(31-41)68-10)33-45(60)36(3)29-39(6)51(63)52(69-11)50(62)38(5)28-34/h12-14,18-19,29,34,36-38,40-44,46-49,51-52,59,61,63,67H,15-17,20-28,30-33H2,1-11H3/b14-12+,18-13+,35-19+,39-29+/t34-,36-,37-,38-,40-,41+,42+,43+,44-,46+,47+,48-,49?,51-,52+,56-/m1/s1. The van der Waals surface area contributed by atoms with Gasteiger partial charge in [-0.25, -0.2) is 4.79 Å². The molecule has 3 aliphatic heterocycles. The molecule has 408 valence electrons. The number of carbonyl (C=O) groups is 5. The predicted molar refractivity (Wildman–Crippen MR) is 273 cm³/mol. The van der Waals surface area contributed by atoms with E-state index < -0.39 is 90.1 Å². The maximum atomic E-state index is 14.5. The topological polar surface area (TPSA) is 219 Å². The fraction of sp³-hybridized carbons (Fsp3) is 0.768. The van der Waals surface area contributed by atoms with Crippen LogP contribution in [0.1, 0.15) is 138 Å². The molecule has 0 aromatic heterocycles. The van der Waals surface area contributed by atoms with Crippen LogP contribution in [0.4, 0.5) is 0 Å². The van der Waals surface area contributed by atoms with E-state index in [4.69, 9.17) is 23.7 Å². The molecule has 1 saturated carbocycles. The Kier molecular flexibility index (Phi) is 24.6. The number of hydrogen-bond donors (Lipinski definition) is 4. The highest BCUT2D eigenvalue weighted by Gasteiger charge is 2.53. The van der Waals surface area contributed by atoms with Gasteiger partial charge in [0.05, 0.1) is 24.4 Å². The molecule has 1 unspecified atom stereocenters. The number of esters is 1. The highest BCUT2D eigenvalue weighted by Crippen LogP contribution is 2.38. The molecule has 72 heavy (non-hydrogen) atoms. The highest BCUT2D eigenvalue weighted by molar-refractivity contribution is 6.39. The average Bonchev–Trinajstić information content (AvgIpc) is 3.35. The van der Waals surface area contributed by atoms with E-state index in [0.29, 0.717) is 82.8 Å². The van der Waals surface area contributed by atoms with Crippen molar-refractivity contribution in [1.82, 2.24) is 9.80 Å². The summed E-state index contributed by atoms with van der Waals surface area (Å²) in [5.41, 5.74) is 1.23. The summed E-state index contributed by atoms with van der Waals surface area (Å²) in [4.78, 5) is 74.2. The average molecular weight is 1020 g/mol. The van der Waals surface area contributed by atoms with E-state index in [2.05, 4.69) is 0 Å². The van der Waals surface area contributed by atoms with E-state index >= 15 is 0 Å². The Morgan fingerprint density at radius 3 is 2.29 bits per heavy atom. The molecule has 3 fully saturated rings. The molecular weight excluding hydrogens is 925 g/mol. The molecule has 4 aliphatic rings. The molecule has 4 rings (SSSR count). The van der Waals surface area contributed by atoms with Crippen LogP contribution in [0.3, 0.4) is 0 Å². The van der Waals surface area contributed by atoms with Gasteiger partial charge in [-0.05, 0) is 134 Å². The van der Waals surface area contributed by atoms with Gasteiger partial charge in [-0.2, -0.15) is 0 Å². The highest BCUT2D eigenvalue weighted by atomic mass is 16.6. The largest absolute Gasteiger partial charge is 0.460 e. The number of Topliss-reactive ketones (excluding diaryl/α,β-unsaturated/α-hetero) is 3. The third-order valence-electron chi connectivity index (χ3n) is 15.7. The predicted octanol–water partition coefficient (Wildman–Crippen LogP) is 6.21. The lowest BCUT2D eigenvalue weighted by molar-refractivity contribution is -0.266. The molecule has 4 N–H and O–H groups in total. The van der Waals surface area contributed by atoms with E-state index in [-0.39, 0.29) is 61.2 Å². The molecule has 1 amide bonds. The van der Waals surface area contributed by atoms with E-state index in [1.165, 1.54) is 12.0 Å². The van der Waals surface area contributed by atoms with Crippen molar-refractivity contribution in [1.29, 1.82) is 0 Å². The van der Waals surface area contributed by atoms with Crippen molar-refractivity contribution in [2.24, 2.45) is 35.5 Å². The van der Waals surface area contributed by atoms with Crippen molar-refractivity contribution >= 4 is 29.2 Å². The van der Waals surface area contributed by atoms with Crippen LogP contribution in [-0.4, -0.2) is 162 Å². The maximum Gasteiger partial charge on any atom is 0.329 e. The van der Waals surface area contributed by atoms with Gasteiger partial charge in [-0.15, -0.1) is 0 Å². The normalized spacial score (nSPS) is 38.2. The van der Waals surface area contributed by atoms with Gasteiger partial charge in [0, 0.05) is 58.0 Å². The Balaban J connectivity index is 1.72. The van der Waals surface area contributed by atoms with Crippen molar-refractivity contribution in [2.75, 3.05) is 41.5 Å².